The second kappa shape index (κ2) is 5.14. The third kappa shape index (κ3) is 2.33. The van der Waals surface area contributed by atoms with E-state index in [-0.39, 0.29) is 11.9 Å². The van der Waals surface area contributed by atoms with Crippen LogP contribution in [0.25, 0.3) is 10.9 Å². The predicted octanol–water partition coefficient (Wildman–Crippen LogP) is 1.48. The lowest BCUT2D eigenvalue weighted by Crippen LogP contribution is -2.19. The number of para-hydroxylation sites is 1. The van der Waals surface area contributed by atoms with E-state index in [0.717, 1.165) is 22.9 Å². The molecule has 1 heterocycles. The molecule has 94 valence electrons. The molecule has 3 N–H and O–H groups in total. The number of benzene rings is 1. The third-order valence-electron chi connectivity index (χ3n) is 2.87. The summed E-state index contributed by atoms with van der Waals surface area (Å²) in [5, 5.41) is 3.51. The molecule has 2 rings (SSSR count). The maximum Gasteiger partial charge on any atom is 0.251 e. The van der Waals surface area contributed by atoms with Crippen molar-refractivity contribution in [2.24, 2.45) is 5.73 Å². The molecule has 0 spiro atoms. The molecule has 0 fully saturated rings. The monoisotopic (exact) mass is 243 g/mol. The van der Waals surface area contributed by atoms with Crippen molar-refractivity contribution in [3.63, 3.8) is 0 Å². The molecule has 1 unspecified atom stereocenters. The predicted molar refractivity (Wildman–Crippen MR) is 72.5 cm³/mol. The average molecular weight is 243 g/mol. The molecule has 0 aliphatic heterocycles. The van der Waals surface area contributed by atoms with E-state index in [1.807, 2.05) is 25.1 Å². The lowest BCUT2D eigenvalue weighted by molar-refractivity contribution is 0.0964. The SMILES string of the molecule is CNC(=O)c1ccnc2c(CC(C)N)cccc12. The van der Waals surface area contributed by atoms with E-state index in [9.17, 15) is 4.79 Å². The average Bonchev–Trinajstić information content (AvgIpc) is 2.37. The smallest absolute Gasteiger partial charge is 0.251 e. The quantitative estimate of drug-likeness (QED) is 0.858. The van der Waals surface area contributed by atoms with Crippen LogP contribution in [0.4, 0.5) is 0 Å². The summed E-state index contributed by atoms with van der Waals surface area (Å²) in [5.41, 5.74) is 8.41. The van der Waals surface area contributed by atoms with Gasteiger partial charge in [-0.05, 0) is 25.0 Å². The third-order valence-corrected chi connectivity index (χ3v) is 2.87. The standard InChI is InChI=1S/C14H17N3O/c1-9(15)8-10-4-3-5-11-12(14(18)16-2)6-7-17-13(10)11/h3-7,9H,8,15H2,1-2H3,(H,16,18). The minimum Gasteiger partial charge on any atom is -0.355 e. The number of nitrogens with zero attached hydrogens (tertiary/aromatic N) is 1. The number of carbonyl (C=O) groups is 1. The first-order valence-electron chi connectivity index (χ1n) is 5.97. The Labute approximate surface area is 106 Å². The molecule has 0 aliphatic carbocycles. The Bertz CT molecular complexity index is 578. The molecule has 0 saturated heterocycles. The van der Waals surface area contributed by atoms with E-state index < -0.39 is 0 Å². The molecule has 4 nitrogen and oxygen atoms in total. The summed E-state index contributed by atoms with van der Waals surface area (Å²) in [7, 11) is 1.63. The number of fused-ring (bicyclic) bond motifs is 1. The molecule has 4 heteroatoms. The fourth-order valence-electron chi connectivity index (χ4n) is 2.08. The number of hydrogen-bond acceptors (Lipinski definition) is 3. The zero-order valence-corrected chi connectivity index (χ0v) is 10.6. The zero-order chi connectivity index (χ0) is 13.1. The Morgan fingerprint density at radius 3 is 2.89 bits per heavy atom. The summed E-state index contributed by atoms with van der Waals surface area (Å²) in [6.07, 6.45) is 2.42. The Kier molecular flexibility index (Phi) is 3.58. The van der Waals surface area contributed by atoms with Crippen LogP contribution in [0.15, 0.2) is 30.5 Å². The van der Waals surface area contributed by atoms with Gasteiger partial charge in [-0.1, -0.05) is 18.2 Å². The molecule has 0 saturated carbocycles. The van der Waals surface area contributed by atoms with Gasteiger partial charge in [-0.3, -0.25) is 9.78 Å². The van der Waals surface area contributed by atoms with Crippen LogP contribution in [-0.2, 0) is 6.42 Å². The first-order chi connectivity index (χ1) is 8.63. The van der Waals surface area contributed by atoms with Crippen LogP contribution in [0.1, 0.15) is 22.8 Å². The van der Waals surface area contributed by atoms with Crippen LogP contribution in [0.2, 0.25) is 0 Å². The van der Waals surface area contributed by atoms with Gasteiger partial charge < -0.3 is 11.1 Å². The number of rotatable bonds is 3. The van der Waals surface area contributed by atoms with Crippen LogP contribution >= 0.6 is 0 Å². The van der Waals surface area contributed by atoms with Crippen LogP contribution < -0.4 is 11.1 Å². The zero-order valence-electron chi connectivity index (χ0n) is 10.6. The van der Waals surface area contributed by atoms with Crippen LogP contribution in [-0.4, -0.2) is 24.0 Å². The van der Waals surface area contributed by atoms with Gasteiger partial charge >= 0.3 is 0 Å². The first kappa shape index (κ1) is 12.5. The van der Waals surface area contributed by atoms with E-state index in [1.165, 1.54) is 0 Å². The van der Waals surface area contributed by atoms with E-state index >= 15 is 0 Å². The van der Waals surface area contributed by atoms with Crippen LogP contribution in [0.5, 0.6) is 0 Å². The normalized spacial score (nSPS) is 12.4. The van der Waals surface area contributed by atoms with Gasteiger partial charge in [-0.25, -0.2) is 0 Å². The maximum atomic E-state index is 11.8. The van der Waals surface area contributed by atoms with Gasteiger partial charge in [0.15, 0.2) is 0 Å². The second-order valence-corrected chi connectivity index (χ2v) is 4.43. The van der Waals surface area contributed by atoms with Crippen molar-refractivity contribution in [3.8, 4) is 0 Å². The van der Waals surface area contributed by atoms with Crippen molar-refractivity contribution in [2.75, 3.05) is 7.05 Å². The van der Waals surface area contributed by atoms with Crippen molar-refractivity contribution in [2.45, 2.75) is 19.4 Å². The Balaban J connectivity index is 2.61. The molecular formula is C14H17N3O. The van der Waals surface area contributed by atoms with Crippen molar-refractivity contribution in [1.82, 2.24) is 10.3 Å². The Morgan fingerprint density at radius 2 is 2.22 bits per heavy atom. The van der Waals surface area contributed by atoms with E-state index in [0.29, 0.717) is 5.56 Å². The number of carbonyl (C=O) groups excluding carboxylic acids is 1. The minimum atomic E-state index is -0.0969. The second-order valence-electron chi connectivity index (χ2n) is 4.43. The Hall–Kier alpha value is -1.94. The van der Waals surface area contributed by atoms with Gasteiger partial charge in [0.1, 0.15) is 0 Å². The van der Waals surface area contributed by atoms with E-state index in [4.69, 9.17) is 5.73 Å². The van der Waals surface area contributed by atoms with E-state index in [2.05, 4.69) is 10.3 Å². The Morgan fingerprint density at radius 1 is 1.44 bits per heavy atom. The summed E-state index contributed by atoms with van der Waals surface area (Å²) < 4.78 is 0. The molecule has 1 aromatic carbocycles. The first-order valence-corrected chi connectivity index (χ1v) is 5.97. The summed E-state index contributed by atoms with van der Waals surface area (Å²) >= 11 is 0. The summed E-state index contributed by atoms with van der Waals surface area (Å²) in [5.74, 6) is -0.0969. The maximum absolute atomic E-state index is 11.8. The number of nitrogens with two attached hydrogens (primary N) is 1. The summed E-state index contributed by atoms with van der Waals surface area (Å²) in [6.45, 7) is 1.96. The fourth-order valence-corrected chi connectivity index (χ4v) is 2.08. The van der Waals surface area contributed by atoms with Crippen LogP contribution in [0, 0.1) is 0 Å². The van der Waals surface area contributed by atoms with Gasteiger partial charge in [0.05, 0.1) is 11.1 Å². The van der Waals surface area contributed by atoms with Crippen LogP contribution in [0.3, 0.4) is 0 Å². The highest BCUT2D eigenvalue weighted by atomic mass is 16.1. The highest BCUT2D eigenvalue weighted by Gasteiger charge is 2.11. The number of nitrogens with one attached hydrogen (secondary N) is 1. The van der Waals surface area contributed by atoms with Crippen molar-refractivity contribution in [1.29, 1.82) is 0 Å². The number of amides is 1. The van der Waals surface area contributed by atoms with E-state index in [1.54, 1.807) is 19.3 Å². The topological polar surface area (TPSA) is 68.0 Å². The van der Waals surface area contributed by atoms with Crippen molar-refractivity contribution in [3.05, 3.63) is 41.6 Å². The molecule has 2 aromatic rings. The van der Waals surface area contributed by atoms with Gasteiger partial charge in [0, 0.05) is 24.7 Å². The molecular weight excluding hydrogens is 226 g/mol. The molecule has 0 bridgehead atoms. The molecule has 1 amide bonds. The van der Waals surface area contributed by atoms with Gasteiger partial charge in [-0.2, -0.15) is 0 Å². The lowest BCUT2D eigenvalue weighted by Gasteiger charge is -2.10. The van der Waals surface area contributed by atoms with Crippen molar-refractivity contribution < 1.29 is 4.79 Å². The molecule has 0 aliphatic rings. The lowest BCUT2D eigenvalue weighted by atomic mass is 10.0. The molecule has 0 radical (unpaired) electrons. The summed E-state index contributed by atoms with van der Waals surface area (Å²) in [6, 6.07) is 7.66. The highest BCUT2D eigenvalue weighted by Crippen LogP contribution is 2.21. The number of aromatic nitrogens is 1. The minimum absolute atomic E-state index is 0.0704. The molecule has 1 atom stereocenters. The molecule has 18 heavy (non-hydrogen) atoms. The van der Waals surface area contributed by atoms with Gasteiger partial charge in [0.2, 0.25) is 0 Å². The largest absolute Gasteiger partial charge is 0.355 e. The fraction of sp³-hybridized carbons (Fsp3) is 0.286. The van der Waals surface area contributed by atoms with Gasteiger partial charge in [-0.15, -0.1) is 0 Å². The molecule has 1 aromatic heterocycles. The summed E-state index contributed by atoms with van der Waals surface area (Å²) in [4.78, 5) is 16.2. The van der Waals surface area contributed by atoms with Gasteiger partial charge in [0.25, 0.3) is 5.91 Å². The highest BCUT2D eigenvalue weighted by molar-refractivity contribution is 6.06. The number of hydrogen-bond donors (Lipinski definition) is 2. The van der Waals surface area contributed by atoms with Crippen molar-refractivity contribution >= 4 is 16.8 Å². The number of pyridine rings is 1.